The zero-order valence-corrected chi connectivity index (χ0v) is 18.2. The van der Waals surface area contributed by atoms with Crippen LogP contribution in [-0.4, -0.2) is 38.7 Å². The fraction of sp³-hybridized carbons (Fsp3) is 0.238. The first-order valence-electron chi connectivity index (χ1n) is 9.57. The van der Waals surface area contributed by atoms with Crippen LogP contribution in [0.15, 0.2) is 47.8 Å². The number of imidazole rings is 1. The van der Waals surface area contributed by atoms with Gasteiger partial charge in [0.05, 0.1) is 33.6 Å². The third-order valence-corrected chi connectivity index (χ3v) is 6.86. The zero-order valence-electron chi connectivity index (χ0n) is 17.3. The van der Waals surface area contributed by atoms with Crippen LogP contribution in [0.2, 0.25) is 0 Å². The predicted molar refractivity (Wildman–Crippen MR) is 112 cm³/mol. The van der Waals surface area contributed by atoms with E-state index in [0.717, 1.165) is 17.8 Å². The Morgan fingerprint density at radius 1 is 1.06 bits per heavy atom. The summed E-state index contributed by atoms with van der Waals surface area (Å²) in [4.78, 5) is 16.3. The average molecular weight is 461 g/mol. The summed E-state index contributed by atoms with van der Waals surface area (Å²) in [6.07, 6.45) is -0.476. The van der Waals surface area contributed by atoms with E-state index in [-0.39, 0.29) is 27.7 Å². The highest BCUT2D eigenvalue weighted by Crippen LogP contribution is 2.34. The van der Waals surface area contributed by atoms with Gasteiger partial charge in [-0.15, -0.1) is 0 Å². The standard InChI is InChI=1S/C21H18F3N5O2S/c1-4-32(30,31)16-8-13(18-12(2)6-5-7-25-18)10-27-19(16)20-28-14-9-17(21(22,23)24)26-11-15(14)29(20)3/h5-11H,4H2,1-3H3. The molecule has 0 radical (unpaired) electrons. The van der Waals surface area contributed by atoms with Crippen molar-refractivity contribution < 1.29 is 21.6 Å². The lowest BCUT2D eigenvalue weighted by Gasteiger charge is -2.12. The second-order valence-corrected chi connectivity index (χ2v) is 9.44. The van der Waals surface area contributed by atoms with Crippen LogP contribution in [0, 0.1) is 6.92 Å². The summed E-state index contributed by atoms with van der Waals surface area (Å²) >= 11 is 0. The van der Waals surface area contributed by atoms with Crippen LogP contribution in [-0.2, 0) is 23.1 Å². The van der Waals surface area contributed by atoms with Crippen LogP contribution in [0.1, 0.15) is 18.2 Å². The molecule has 0 saturated heterocycles. The first-order valence-corrected chi connectivity index (χ1v) is 11.2. The van der Waals surface area contributed by atoms with E-state index in [1.807, 2.05) is 13.0 Å². The Morgan fingerprint density at radius 2 is 1.81 bits per heavy atom. The Hall–Kier alpha value is -3.34. The summed E-state index contributed by atoms with van der Waals surface area (Å²) in [6.45, 7) is 3.35. The Kier molecular flexibility index (Phi) is 5.24. The number of pyridine rings is 3. The molecule has 166 valence electrons. The molecule has 4 heterocycles. The van der Waals surface area contributed by atoms with Crippen molar-refractivity contribution in [3.63, 3.8) is 0 Å². The third kappa shape index (κ3) is 3.72. The van der Waals surface area contributed by atoms with Gasteiger partial charge in [0.25, 0.3) is 0 Å². The molecule has 0 N–H and O–H groups in total. The van der Waals surface area contributed by atoms with E-state index >= 15 is 0 Å². The van der Waals surface area contributed by atoms with Crippen LogP contribution in [0.3, 0.4) is 0 Å². The predicted octanol–water partition coefficient (Wildman–Crippen LogP) is 4.21. The lowest BCUT2D eigenvalue weighted by Crippen LogP contribution is -2.09. The van der Waals surface area contributed by atoms with Crippen molar-refractivity contribution in [3.05, 3.63) is 54.1 Å². The number of hydrogen-bond acceptors (Lipinski definition) is 6. The second-order valence-electron chi connectivity index (χ2n) is 7.19. The molecule has 0 spiro atoms. The van der Waals surface area contributed by atoms with Crippen LogP contribution in [0.4, 0.5) is 13.2 Å². The first-order chi connectivity index (χ1) is 15.0. The molecule has 7 nitrogen and oxygen atoms in total. The summed E-state index contributed by atoms with van der Waals surface area (Å²) < 4.78 is 66.5. The molecule has 0 saturated carbocycles. The molecule has 0 aliphatic heterocycles. The van der Waals surface area contributed by atoms with Gasteiger partial charge >= 0.3 is 6.18 Å². The monoisotopic (exact) mass is 461 g/mol. The number of rotatable bonds is 4. The van der Waals surface area contributed by atoms with Gasteiger partial charge in [0.15, 0.2) is 15.7 Å². The molecular formula is C21H18F3N5O2S. The number of nitrogens with zero attached hydrogens (tertiary/aromatic N) is 5. The fourth-order valence-corrected chi connectivity index (χ4v) is 4.43. The number of hydrogen-bond donors (Lipinski definition) is 0. The highest BCUT2D eigenvalue weighted by molar-refractivity contribution is 7.91. The van der Waals surface area contributed by atoms with Gasteiger partial charge in [-0.2, -0.15) is 13.2 Å². The maximum absolute atomic E-state index is 13.1. The molecule has 4 rings (SSSR count). The molecule has 4 aromatic heterocycles. The lowest BCUT2D eigenvalue weighted by molar-refractivity contribution is -0.141. The minimum Gasteiger partial charge on any atom is -0.324 e. The zero-order chi connectivity index (χ0) is 23.3. The maximum Gasteiger partial charge on any atom is 0.433 e. The smallest absolute Gasteiger partial charge is 0.324 e. The lowest BCUT2D eigenvalue weighted by atomic mass is 10.1. The van der Waals surface area contributed by atoms with Gasteiger partial charge in [0.2, 0.25) is 0 Å². The normalized spacial score (nSPS) is 12.4. The quantitative estimate of drug-likeness (QED) is 0.452. The number of aryl methyl sites for hydroxylation is 2. The molecule has 0 unspecified atom stereocenters. The van der Waals surface area contributed by atoms with E-state index in [0.29, 0.717) is 16.8 Å². The molecule has 0 aliphatic rings. The summed E-state index contributed by atoms with van der Waals surface area (Å²) in [5.74, 6) is -0.0618. The number of aromatic nitrogens is 5. The summed E-state index contributed by atoms with van der Waals surface area (Å²) in [5.41, 5.74) is 1.27. The van der Waals surface area contributed by atoms with Gasteiger partial charge in [0.1, 0.15) is 11.4 Å². The average Bonchev–Trinajstić information content (AvgIpc) is 3.09. The van der Waals surface area contributed by atoms with Gasteiger partial charge in [-0.25, -0.2) is 18.4 Å². The van der Waals surface area contributed by atoms with Gasteiger partial charge in [-0.05, 0) is 30.7 Å². The topological polar surface area (TPSA) is 90.6 Å². The highest BCUT2D eigenvalue weighted by Gasteiger charge is 2.33. The molecule has 4 aromatic rings. The van der Waals surface area contributed by atoms with Gasteiger partial charge < -0.3 is 4.57 Å². The van der Waals surface area contributed by atoms with E-state index in [9.17, 15) is 21.6 Å². The van der Waals surface area contributed by atoms with Crippen molar-refractivity contribution in [2.45, 2.75) is 24.9 Å². The van der Waals surface area contributed by atoms with Gasteiger partial charge in [0, 0.05) is 25.0 Å². The number of fused-ring (bicyclic) bond motifs is 1. The molecule has 0 aliphatic carbocycles. The third-order valence-electron chi connectivity index (χ3n) is 5.12. The van der Waals surface area contributed by atoms with E-state index in [4.69, 9.17) is 0 Å². The minimum absolute atomic E-state index is 0.0381. The molecular weight excluding hydrogens is 443 g/mol. The van der Waals surface area contributed by atoms with Crippen molar-refractivity contribution in [2.75, 3.05) is 5.75 Å². The second kappa shape index (κ2) is 7.66. The Labute approximate surface area is 181 Å². The number of alkyl halides is 3. The largest absolute Gasteiger partial charge is 0.433 e. The Bertz CT molecular complexity index is 1450. The van der Waals surface area contributed by atoms with Crippen molar-refractivity contribution in [1.82, 2.24) is 24.5 Å². The molecule has 0 atom stereocenters. The van der Waals surface area contributed by atoms with Crippen LogP contribution in [0.25, 0.3) is 33.8 Å². The van der Waals surface area contributed by atoms with Crippen molar-refractivity contribution in [2.24, 2.45) is 7.05 Å². The maximum atomic E-state index is 13.1. The van der Waals surface area contributed by atoms with E-state index in [1.54, 1.807) is 19.3 Å². The molecule has 0 bridgehead atoms. The Morgan fingerprint density at radius 3 is 2.47 bits per heavy atom. The van der Waals surface area contributed by atoms with Gasteiger partial charge in [-0.3, -0.25) is 9.97 Å². The SMILES string of the molecule is CCS(=O)(=O)c1cc(-c2ncccc2C)cnc1-c1nc2cc(C(F)(F)F)ncc2n1C. The van der Waals surface area contributed by atoms with E-state index in [2.05, 4.69) is 19.9 Å². The van der Waals surface area contributed by atoms with Crippen molar-refractivity contribution in [1.29, 1.82) is 0 Å². The molecule has 0 aromatic carbocycles. The van der Waals surface area contributed by atoms with E-state index in [1.165, 1.54) is 23.8 Å². The molecule has 0 amide bonds. The highest BCUT2D eigenvalue weighted by atomic mass is 32.2. The first kappa shape index (κ1) is 21.9. The van der Waals surface area contributed by atoms with Crippen LogP contribution < -0.4 is 0 Å². The minimum atomic E-state index is -4.62. The summed E-state index contributed by atoms with van der Waals surface area (Å²) in [5, 5.41) is 0. The number of halogens is 3. The van der Waals surface area contributed by atoms with Crippen LogP contribution >= 0.6 is 0 Å². The summed E-state index contributed by atoms with van der Waals surface area (Å²) in [7, 11) is -2.18. The Balaban J connectivity index is 1.96. The van der Waals surface area contributed by atoms with Crippen molar-refractivity contribution in [3.8, 4) is 22.8 Å². The molecule has 0 fully saturated rings. The van der Waals surface area contributed by atoms with Crippen LogP contribution in [0.5, 0.6) is 0 Å². The number of sulfone groups is 1. The summed E-state index contributed by atoms with van der Waals surface area (Å²) in [6, 6.07) is 5.93. The molecule has 11 heteroatoms. The fourth-order valence-electron chi connectivity index (χ4n) is 3.38. The van der Waals surface area contributed by atoms with E-state index < -0.39 is 21.7 Å². The van der Waals surface area contributed by atoms with Crippen molar-refractivity contribution >= 4 is 20.9 Å². The molecule has 32 heavy (non-hydrogen) atoms. The van der Waals surface area contributed by atoms with Gasteiger partial charge in [-0.1, -0.05) is 13.0 Å².